The second-order valence-electron chi connectivity index (χ2n) is 6.97. The highest BCUT2D eigenvalue weighted by molar-refractivity contribution is 7.10. The third kappa shape index (κ3) is 3.71. The first kappa shape index (κ1) is 17.4. The SMILES string of the molecule is COc1cccc(NC(=O)N2CCC(N3CCc4sccc4C3)CC2)c1. The summed E-state index contributed by atoms with van der Waals surface area (Å²) < 4.78 is 5.21. The number of carbonyl (C=O) groups is 1. The number of fused-ring (bicyclic) bond motifs is 1. The van der Waals surface area contributed by atoms with Gasteiger partial charge in [0.15, 0.2) is 0 Å². The molecule has 1 fully saturated rings. The molecule has 1 saturated heterocycles. The van der Waals surface area contributed by atoms with Gasteiger partial charge in [-0.2, -0.15) is 0 Å². The first-order valence-corrected chi connectivity index (χ1v) is 10.1. The summed E-state index contributed by atoms with van der Waals surface area (Å²) in [6.45, 7) is 3.84. The molecule has 3 heterocycles. The van der Waals surface area contributed by atoms with E-state index in [1.165, 1.54) is 12.0 Å². The van der Waals surface area contributed by atoms with Crippen LogP contribution in [0.2, 0.25) is 0 Å². The van der Waals surface area contributed by atoms with Crippen LogP contribution >= 0.6 is 11.3 Å². The number of likely N-dealkylation sites (tertiary alicyclic amines) is 1. The number of nitrogens with one attached hydrogen (secondary N) is 1. The minimum absolute atomic E-state index is 0.0181. The summed E-state index contributed by atoms with van der Waals surface area (Å²) in [5.74, 6) is 0.749. The summed E-state index contributed by atoms with van der Waals surface area (Å²) in [5, 5.41) is 5.19. The number of piperidine rings is 1. The Morgan fingerprint density at radius 3 is 2.88 bits per heavy atom. The number of thiophene rings is 1. The van der Waals surface area contributed by atoms with E-state index in [1.807, 2.05) is 40.5 Å². The highest BCUT2D eigenvalue weighted by Gasteiger charge is 2.29. The molecule has 26 heavy (non-hydrogen) atoms. The summed E-state index contributed by atoms with van der Waals surface area (Å²) in [6, 6.07) is 10.3. The van der Waals surface area contributed by atoms with Gasteiger partial charge in [0.25, 0.3) is 0 Å². The van der Waals surface area contributed by atoms with Gasteiger partial charge in [0.2, 0.25) is 0 Å². The van der Waals surface area contributed by atoms with E-state index < -0.39 is 0 Å². The predicted molar refractivity (Wildman–Crippen MR) is 105 cm³/mol. The second-order valence-corrected chi connectivity index (χ2v) is 7.97. The summed E-state index contributed by atoms with van der Waals surface area (Å²) in [6.07, 6.45) is 3.26. The van der Waals surface area contributed by atoms with Crippen LogP contribution in [0.3, 0.4) is 0 Å². The maximum atomic E-state index is 12.5. The van der Waals surface area contributed by atoms with Gasteiger partial charge >= 0.3 is 6.03 Å². The molecule has 1 aromatic carbocycles. The fourth-order valence-electron chi connectivity index (χ4n) is 3.92. The van der Waals surface area contributed by atoms with E-state index >= 15 is 0 Å². The van der Waals surface area contributed by atoms with Gasteiger partial charge in [0.1, 0.15) is 5.75 Å². The zero-order valence-corrected chi connectivity index (χ0v) is 15.9. The fourth-order valence-corrected chi connectivity index (χ4v) is 4.81. The lowest BCUT2D eigenvalue weighted by atomic mass is 10.00. The Hall–Kier alpha value is -2.05. The minimum Gasteiger partial charge on any atom is -0.497 e. The molecule has 0 saturated carbocycles. The number of carbonyl (C=O) groups excluding carboxylic acids is 1. The van der Waals surface area contributed by atoms with E-state index in [9.17, 15) is 4.79 Å². The van der Waals surface area contributed by atoms with E-state index in [-0.39, 0.29) is 6.03 Å². The number of methoxy groups -OCH3 is 1. The van der Waals surface area contributed by atoms with Crippen LogP contribution in [0.15, 0.2) is 35.7 Å². The number of nitrogens with zero attached hydrogens (tertiary/aromatic N) is 2. The lowest BCUT2D eigenvalue weighted by molar-refractivity contribution is 0.111. The molecule has 0 unspecified atom stereocenters. The Labute approximate surface area is 158 Å². The van der Waals surface area contributed by atoms with Crippen LogP contribution in [0.4, 0.5) is 10.5 Å². The summed E-state index contributed by atoms with van der Waals surface area (Å²) in [7, 11) is 1.63. The summed E-state index contributed by atoms with van der Waals surface area (Å²) >= 11 is 1.89. The maximum Gasteiger partial charge on any atom is 0.321 e. The van der Waals surface area contributed by atoms with Crippen molar-refractivity contribution in [2.75, 3.05) is 32.1 Å². The van der Waals surface area contributed by atoms with Crippen molar-refractivity contribution in [3.05, 3.63) is 46.2 Å². The van der Waals surface area contributed by atoms with E-state index in [0.717, 1.165) is 50.5 Å². The second kappa shape index (κ2) is 7.68. The molecule has 138 valence electrons. The van der Waals surface area contributed by atoms with Crippen molar-refractivity contribution in [1.29, 1.82) is 0 Å². The van der Waals surface area contributed by atoms with Gasteiger partial charge in [-0.1, -0.05) is 6.07 Å². The first-order valence-electron chi connectivity index (χ1n) is 9.22. The molecule has 1 N–H and O–H groups in total. The molecular formula is C20H25N3O2S. The molecule has 0 aliphatic carbocycles. The lowest BCUT2D eigenvalue weighted by Crippen LogP contribution is -2.48. The predicted octanol–water partition coefficient (Wildman–Crippen LogP) is 3.81. The number of benzene rings is 1. The van der Waals surface area contributed by atoms with Crippen LogP contribution in [0.5, 0.6) is 5.75 Å². The normalized spacial score (nSPS) is 18.4. The van der Waals surface area contributed by atoms with Gasteiger partial charge < -0.3 is 15.0 Å². The number of anilines is 1. The van der Waals surface area contributed by atoms with E-state index in [2.05, 4.69) is 21.7 Å². The molecule has 2 aliphatic rings. The summed E-state index contributed by atoms with van der Waals surface area (Å²) in [4.78, 5) is 18.6. The number of rotatable bonds is 3. The lowest BCUT2D eigenvalue weighted by Gasteiger charge is -2.40. The van der Waals surface area contributed by atoms with Crippen LogP contribution < -0.4 is 10.1 Å². The van der Waals surface area contributed by atoms with Crippen molar-refractivity contribution in [2.45, 2.75) is 31.8 Å². The molecule has 4 rings (SSSR count). The molecule has 2 aliphatic heterocycles. The third-order valence-corrected chi connectivity index (χ3v) is 6.45. The number of urea groups is 1. The molecule has 0 spiro atoms. The topological polar surface area (TPSA) is 44.8 Å². The minimum atomic E-state index is -0.0181. The van der Waals surface area contributed by atoms with Crippen LogP contribution in [-0.2, 0) is 13.0 Å². The number of ether oxygens (including phenoxy) is 1. The number of hydrogen-bond donors (Lipinski definition) is 1. The van der Waals surface area contributed by atoms with Gasteiger partial charge in [0.05, 0.1) is 7.11 Å². The Morgan fingerprint density at radius 2 is 2.08 bits per heavy atom. The highest BCUT2D eigenvalue weighted by Crippen LogP contribution is 2.28. The van der Waals surface area contributed by atoms with Crippen molar-refractivity contribution < 1.29 is 9.53 Å². The Kier molecular flexibility index (Phi) is 5.13. The van der Waals surface area contributed by atoms with Gasteiger partial charge in [-0.05, 0) is 48.4 Å². The molecule has 2 aromatic rings. The van der Waals surface area contributed by atoms with Crippen LogP contribution in [0.25, 0.3) is 0 Å². The van der Waals surface area contributed by atoms with Gasteiger partial charge in [-0.3, -0.25) is 4.90 Å². The molecule has 0 atom stereocenters. The first-order chi connectivity index (χ1) is 12.7. The zero-order valence-electron chi connectivity index (χ0n) is 15.1. The average molecular weight is 372 g/mol. The monoisotopic (exact) mass is 371 g/mol. The van der Waals surface area contributed by atoms with Crippen LogP contribution in [0.1, 0.15) is 23.3 Å². The molecular weight excluding hydrogens is 346 g/mol. The van der Waals surface area contributed by atoms with Crippen LogP contribution in [-0.4, -0.2) is 48.6 Å². The largest absolute Gasteiger partial charge is 0.497 e. The van der Waals surface area contributed by atoms with Crippen molar-refractivity contribution in [2.24, 2.45) is 0 Å². The van der Waals surface area contributed by atoms with E-state index in [4.69, 9.17) is 4.74 Å². The fraction of sp³-hybridized carbons (Fsp3) is 0.450. The quantitative estimate of drug-likeness (QED) is 0.892. The van der Waals surface area contributed by atoms with Gasteiger partial charge in [-0.15, -0.1) is 11.3 Å². The average Bonchev–Trinajstić information content (AvgIpc) is 3.16. The Bertz CT molecular complexity index is 768. The van der Waals surface area contributed by atoms with Crippen molar-refractivity contribution in [3.8, 4) is 5.75 Å². The Balaban J connectivity index is 1.30. The van der Waals surface area contributed by atoms with Crippen molar-refractivity contribution in [3.63, 3.8) is 0 Å². The standard InChI is InChI=1S/C20H25N3O2S/c1-25-18-4-2-3-16(13-18)21-20(24)22-9-5-17(6-10-22)23-11-7-19-15(14-23)8-12-26-19/h2-4,8,12-13,17H,5-7,9-11,14H2,1H3,(H,21,24). The molecule has 0 bridgehead atoms. The smallest absolute Gasteiger partial charge is 0.321 e. The van der Waals surface area contributed by atoms with Gasteiger partial charge in [0, 0.05) is 48.9 Å². The van der Waals surface area contributed by atoms with Crippen molar-refractivity contribution >= 4 is 23.1 Å². The maximum absolute atomic E-state index is 12.5. The molecule has 2 amide bonds. The summed E-state index contributed by atoms with van der Waals surface area (Å²) in [5.41, 5.74) is 2.27. The number of amides is 2. The molecule has 0 radical (unpaired) electrons. The van der Waals surface area contributed by atoms with Gasteiger partial charge in [-0.25, -0.2) is 4.79 Å². The zero-order chi connectivity index (χ0) is 17.9. The van der Waals surface area contributed by atoms with Crippen molar-refractivity contribution in [1.82, 2.24) is 9.80 Å². The third-order valence-electron chi connectivity index (χ3n) is 5.43. The van der Waals surface area contributed by atoms with Crippen LogP contribution in [0, 0.1) is 0 Å². The molecule has 5 nitrogen and oxygen atoms in total. The highest BCUT2D eigenvalue weighted by atomic mass is 32.1. The molecule has 6 heteroatoms. The van der Waals surface area contributed by atoms with E-state index in [0.29, 0.717) is 6.04 Å². The Morgan fingerprint density at radius 1 is 1.23 bits per heavy atom. The molecule has 1 aromatic heterocycles. The number of hydrogen-bond acceptors (Lipinski definition) is 4. The van der Waals surface area contributed by atoms with E-state index in [1.54, 1.807) is 12.0 Å².